The van der Waals surface area contributed by atoms with Crippen LogP contribution in [0.4, 0.5) is 0 Å². The van der Waals surface area contributed by atoms with Crippen molar-refractivity contribution in [2.45, 2.75) is 83.9 Å². The third kappa shape index (κ3) is 3.37. The maximum Gasteiger partial charge on any atom is 0.0675 e. The van der Waals surface area contributed by atoms with Crippen molar-refractivity contribution in [2.75, 3.05) is 19.7 Å². The highest BCUT2D eigenvalue weighted by Gasteiger charge is 2.43. The molecule has 0 bridgehead atoms. The average molecular weight is 282 g/mol. The molecule has 1 aliphatic carbocycles. The number of morpholine rings is 1. The molecule has 1 saturated heterocycles. The van der Waals surface area contributed by atoms with Gasteiger partial charge >= 0.3 is 0 Å². The second kappa shape index (κ2) is 6.33. The number of rotatable bonds is 3. The third-order valence-electron chi connectivity index (χ3n) is 5.69. The van der Waals surface area contributed by atoms with Gasteiger partial charge in [0.1, 0.15) is 0 Å². The fourth-order valence-corrected chi connectivity index (χ4v) is 4.09. The van der Waals surface area contributed by atoms with Crippen LogP contribution in [-0.2, 0) is 4.74 Å². The molecule has 0 aromatic rings. The van der Waals surface area contributed by atoms with Gasteiger partial charge in [-0.15, -0.1) is 0 Å². The van der Waals surface area contributed by atoms with Crippen LogP contribution in [0.2, 0.25) is 0 Å². The first-order chi connectivity index (χ1) is 9.42. The van der Waals surface area contributed by atoms with Crippen LogP contribution in [0.15, 0.2) is 0 Å². The van der Waals surface area contributed by atoms with Gasteiger partial charge < -0.3 is 10.5 Å². The Bertz CT molecular complexity index is 318. The number of nitrogens with zero attached hydrogens (tertiary/aromatic N) is 1. The molecular formula is C17H34N2O. The Balaban J connectivity index is 2.19. The molecule has 2 N–H and O–H groups in total. The summed E-state index contributed by atoms with van der Waals surface area (Å²) in [5, 5.41) is 0. The van der Waals surface area contributed by atoms with E-state index in [1.807, 2.05) is 0 Å². The van der Waals surface area contributed by atoms with Gasteiger partial charge in [-0.25, -0.2) is 0 Å². The van der Waals surface area contributed by atoms with E-state index in [0.29, 0.717) is 17.6 Å². The Hall–Kier alpha value is -0.120. The molecule has 3 unspecified atom stereocenters. The Labute approximate surface area is 125 Å². The predicted octanol–water partition coefficient (Wildman–Crippen LogP) is 3.17. The van der Waals surface area contributed by atoms with Crippen LogP contribution in [-0.4, -0.2) is 42.3 Å². The SMILES string of the molecule is CCC1COC(C)CN1C1(CN)CCCC(C)(C)CC1. The average Bonchev–Trinajstić information content (AvgIpc) is 2.58. The van der Waals surface area contributed by atoms with Crippen molar-refractivity contribution in [1.82, 2.24) is 4.90 Å². The van der Waals surface area contributed by atoms with E-state index in [9.17, 15) is 0 Å². The van der Waals surface area contributed by atoms with Gasteiger partial charge in [-0.05, 0) is 44.4 Å². The summed E-state index contributed by atoms with van der Waals surface area (Å²) in [5.41, 5.74) is 7.00. The minimum Gasteiger partial charge on any atom is -0.376 e. The van der Waals surface area contributed by atoms with E-state index < -0.39 is 0 Å². The molecule has 118 valence electrons. The standard InChI is InChI=1S/C17H34N2O/c1-5-15-12-20-14(2)11-19(15)17(13-18)8-6-7-16(3,4)9-10-17/h14-15H,5-13,18H2,1-4H3. The second-order valence-electron chi connectivity index (χ2n) is 7.80. The number of hydrogen-bond donors (Lipinski definition) is 1. The maximum absolute atomic E-state index is 6.31. The van der Waals surface area contributed by atoms with Gasteiger partial charge in [0.05, 0.1) is 12.7 Å². The van der Waals surface area contributed by atoms with Gasteiger partial charge in [-0.2, -0.15) is 0 Å². The monoisotopic (exact) mass is 282 g/mol. The molecule has 0 radical (unpaired) electrons. The van der Waals surface area contributed by atoms with Crippen molar-refractivity contribution in [3.63, 3.8) is 0 Å². The third-order valence-corrected chi connectivity index (χ3v) is 5.69. The fourth-order valence-electron chi connectivity index (χ4n) is 4.09. The zero-order valence-electron chi connectivity index (χ0n) is 14.0. The zero-order chi connectivity index (χ0) is 14.8. The summed E-state index contributed by atoms with van der Waals surface area (Å²) in [4.78, 5) is 2.72. The fraction of sp³-hybridized carbons (Fsp3) is 1.00. The molecule has 3 heteroatoms. The van der Waals surface area contributed by atoms with E-state index >= 15 is 0 Å². The Morgan fingerprint density at radius 3 is 2.60 bits per heavy atom. The molecule has 0 aromatic carbocycles. The summed E-state index contributed by atoms with van der Waals surface area (Å²) in [6, 6.07) is 0.552. The summed E-state index contributed by atoms with van der Waals surface area (Å²) in [6.45, 7) is 12.0. The summed E-state index contributed by atoms with van der Waals surface area (Å²) >= 11 is 0. The smallest absolute Gasteiger partial charge is 0.0675 e. The molecule has 20 heavy (non-hydrogen) atoms. The van der Waals surface area contributed by atoms with Crippen LogP contribution < -0.4 is 5.73 Å². The minimum atomic E-state index is 0.215. The van der Waals surface area contributed by atoms with Gasteiger partial charge in [-0.1, -0.05) is 27.2 Å². The molecule has 0 amide bonds. The van der Waals surface area contributed by atoms with Crippen molar-refractivity contribution in [1.29, 1.82) is 0 Å². The number of hydrogen-bond acceptors (Lipinski definition) is 3. The van der Waals surface area contributed by atoms with Crippen LogP contribution in [0, 0.1) is 5.41 Å². The Morgan fingerprint density at radius 2 is 1.95 bits per heavy atom. The number of ether oxygens (including phenoxy) is 1. The van der Waals surface area contributed by atoms with Crippen molar-refractivity contribution in [3.05, 3.63) is 0 Å². The first kappa shape index (κ1) is 16.3. The highest BCUT2D eigenvalue weighted by molar-refractivity contribution is 4.99. The first-order valence-corrected chi connectivity index (χ1v) is 8.51. The van der Waals surface area contributed by atoms with E-state index in [2.05, 4.69) is 32.6 Å². The van der Waals surface area contributed by atoms with E-state index in [1.165, 1.54) is 32.1 Å². The van der Waals surface area contributed by atoms with E-state index in [1.54, 1.807) is 0 Å². The van der Waals surface area contributed by atoms with Crippen molar-refractivity contribution >= 4 is 0 Å². The van der Waals surface area contributed by atoms with Crippen LogP contribution in [0.25, 0.3) is 0 Å². The molecule has 1 heterocycles. The summed E-state index contributed by atoms with van der Waals surface area (Å²) in [5.74, 6) is 0. The molecule has 2 aliphatic rings. The zero-order valence-corrected chi connectivity index (χ0v) is 14.0. The van der Waals surface area contributed by atoms with Crippen LogP contribution in [0.5, 0.6) is 0 Å². The first-order valence-electron chi connectivity index (χ1n) is 8.51. The van der Waals surface area contributed by atoms with Crippen LogP contribution in [0.3, 0.4) is 0 Å². The number of nitrogens with two attached hydrogens (primary N) is 1. The van der Waals surface area contributed by atoms with Gasteiger partial charge in [0, 0.05) is 24.7 Å². The quantitative estimate of drug-likeness (QED) is 0.808. The Morgan fingerprint density at radius 1 is 1.20 bits per heavy atom. The lowest BCUT2D eigenvalue weighted by Gasteiger charge is -2.51. The summed E-state index contributed by atoms with van der Waals surface area (Å²) < 4.78 is 5.88. The molecule has 0 spiro atoms. The summed E-state index contributed by atoms with van der Waals surface area (Å²) in [7, 11) is 0. The molecule has 0 aromatic heterocycles. The lowest BCUT2D eigenvalue weighted by atomic mass is 9.82. The maximum atomic E-state index is 6.31. The molecule has 3 nitrogen and oxygen atoms in total. The lowest BCUT2D eigenvalue weighted by molar-refractivity contribution is -0.103. The van der Waals surface area contributed by atoms with Gasteiger partial charge in [0.2, 0.25) is 0 Å². The molecule has 2 fully saturated rings. The van der Waals surface area contributed by atoms with E-state index in [-0.39, 0.29) is 5.54 Å². The molecule has 2 rings (SSSR count). The van der Waals surface area contributed by atoms with Crippen LogP contribution in [0.1, 0.15) is 66.2 Å². The van der Waals surface area contributed by atoms with E-state index in [0.717, 1.165) is 26.1 Å². The van der Waals surface area contributed by atoms with E-state index in [4.69, 9.17) is 10.5 Å². The van der Waals surface area contributed by atoms with Crippen molar-refractivity contribution in [2.24, 2.45) is 11.1 Å². The topological polar surface area (TPSA) is 38.5 Å². The predicted molar refractivity (Wildman–Crippen MR) is 84.9 cm³/mol. The highest BCUT2D eigenvalue weighted by atomic mass is 16.5. The molecule has 1 aliphatic heterocycles. The van der Waals surface area contributed by atoms with Crippen molar-refractivity contribution in [3.8, 4) is 0 Å². The Kier molecular flexibility index (Phi) is 5.14. The minimum absolute atomic E-state index is 0.215. The molecular weight excluding hydrogens is 248 g/mol. The lowest BCUT2D eigenvalue weighted by Crippen LogP contribution is -2.62. The second-order valence-corrected chi connectivity index (χ2v) is 7.80. The van der Waals surface area contributed by atoms with Crippen LogP contribution >= 0.6 is 0 Å². The molecule has 1 saturated carbocycles. The van der Waals surface area contributed by atoms with Gasteiger partial charge in [0.15, 0.2) is 0 Å². The largest absolute Gasteiger partial charge is 0.376 e. The van der Waals surface area contributed by atoms with Gasteiger partial charge in [-0.3, -0.25) is 4.90 Å². The van der Waals surface area contributed by atoms with Crippen molar-refractivity contribution < 1.29 is 4.74 Å². The summed E-state index contributed by atoms with van der Waals surface area (Å²) in [6.07, 6.45) is 7.97. The highest BCUT2D eigenvalue weighted by Crippen LogP contribution is 2.42. The van der Waals surface area contributed by atoms with Gasteiger partial charge in [0.25, 0.3) is 0 Å². The normalized spacial score (nSPS) is 39.5. The molecule has 3 atom stereocenters.